The predicted octanol–water partition coefficient (Wildman–Crippen LogP) is 4.64. The second-order valence-electron chi connectivity index (χ2n) is 8.59. The normalized spacial score (nSPS) is 13.8. The smallest absolute Gasteiger partial charge is 0.433 e. The Morgan fingerprint density at radius 1 is 1.11 bits per heavy atom. The van der Waals surface area contributed by atoms with Gasteiger partial charge in [-0.25, -0.2) is 9.97 Å². The zero-order chi connectivity index (χ0) is 27.0. The molecule has 1 amide bonds. The van der Waals surface area contributed by atoms with Crippen molar-refractivity contribution in [3.8, 4) is 28.7 Å². The van der Waals surface area contributed by atoms with Crippen LogP contribution in [0.15, 0.2) is 46.9 Å². The lowest BCUT2D eigenvalue weighted by Crippen LogP contribution is -2.25. The molecule has 1 aliphatic rings. The van der Waals surface area contributed by atoms with Gasteiger partial charge in [-0.2, -0.15) is 13.2 Å². The van der Waals surface area contributed by atoms with Crippen molar-refractivity contribution in [2.75, 3.05) is 20.3 Å². The Kier molecular flexibility index (Phi) is 6.57. The van der Waals surface area contributed by atoms with E-state index in [1.807, 2.05) is 0 Å². The number of halogens is 3. The summed E-state index contributed by atoms with van der Waals surface area (Å²) >= 11 is 0. The SMILES string of the molecule is COc1ccc(-c2nc(C(=O)NCc3ccc4c(c3)OCCO4)c([C@H](C)N)o2)c2ccc(C(F)(F)F)nc12. The number of nitrogens with zero attached hydrogens (tertiary/aromatic N) is 2. The van der Waals surface area contributed by atoms with Crippen molar-refractivity contribution in [2.45, 2.75) is 25.7 Å². The third kappa shape index (κ3) is 4.82. The van der Waals surface area contributed by atoms with Crippen molar-refractivity contribution in [3.05, 3.63) is 65.2 Å². The van der Waals surface area contributed by atoms with Crippen LogP contribution < -0.4 is 25.3 Å². The van der Waals surface area contributed by atoms with Gasteiger partial charge in [0.05, 0.1) is 13.2 Å². The Morgan fingerprint density at radius 2 is 1.87 bits per heavy atom. The van der Waals surface area contributed by atoms with Crippen LogP contribution in [0.1, 0.15) is 40.5 Å². The summed E-state index contributed by atoms with van der Waals surface area (Å²) in [6.07, 6.45) is -4.64. The fourth-order valence-electron chi connectivity index (χ4n) is 4.08. The molecule has 0 fully saturated rings. The van der Waals surface area contributed by atoms with Gasteiger partial charge < -0.3 is 29.7 Å². The summed E-state index contributed by atoms with van der Waals surface area (Å²) < 4.78 is 62.0. The molecule has 2 aromatic carbocycles. The largest absolute Gasteiger partial charge is 0.494 e. The highest BCUT2D eigenvalue weighted by Crippen LogP contribution is 2.37. The van der Waals surface area contributed by atoms with Gasteiger partial charge in [-0.15, -0.1) is 0 Å². The van der Waals surface area contributed by atoms with Gasteiger partial charge in [0, 0.05) is 17.5 Å². The molecule has 0 saturated carbocycles. The van der Waals surface area contributed by atoms with E-state index < -0.39 is 23.8 Å². The number of carbonyl (C=O) groups is 1. The molecule has 0 unspecified atom stereocenters. The maximum atomic E-state index is 13.3. The van der Waals surface area contributed by atoms with Gasteiger partial charge in [-0.05, 0) is 48.9 Å². The van der Waals surface area contributed by atoms with Crippen LogP contribution in [-0.4, -0.2) is 36.2 Å². The number of carbonyl (C=O) groups excluding carboxylic acids is 1. The van der Waals surface area contributed by atoms with Crippen LogP contribution >= 0.6 is 0 Å². The fraction of sp³-hybridized carbons (Fsp3) is 0.269. The van der Waals surface area contributed by atoms with Crippen LogP contribution in [-0.2, 0) is 12.7 Å². The Hall–Kier alpha value is -4.32. The highest BCUT2D eigenvalue weighted by atomic mass is 19.4. The molecule has 38 heavy (non-hydrogen) atoms. The maximum Gasteiger partial charge on any atom is 0.433 e. The van der Waals surface area contributed by atoms with E-state index in [-0.39, 0.29) is 35.2 Å². The molecular weight excluding hydrogens is 505 g/mol. The lowest BCUT2D eigenvalue weighted by Gasteiger charge is -2.18. The zero-order valence-corrected chi connectivity index (χ0v) is 20.4. The topological polar surface area (TPSA) is 122 Å². The summed E-state index contributed by atoms with van der Waals surface area (Å²) in [7, 11) is 1.33. The number of ether oxygens (including phenoxy) is 3. The Morgan fingerprint density at radius 3 is 2.58 bits per heavy atom. The van der Waals surface area contributed by atoms with E-state index >= 15 is 0 Å². The van der Waals surface area contributed by atoms with Crippen LogP contribution in [0.5, 0.6) is 17.2 Å². The minimum absolute atomic E-state index is 0.0102. The fourth-order valence-corrected chi connectivity index (χ4v) is 4.08. The van der Waals surface area contributed by atoms with Crippen molar-refractivity contribution in [1.29, 1.82) is 0 Å². The summed E-state index contributed by atoms with van der Waals surface area (Å²) in [5.41, 5.74) is 6.04. The number of fused-ring (bicyclic) bond motifs is 2. The maximum absolute atomic E-state index is 13.3. The van der Waals surface area contributed by atoms with Gasteiger partial charge in [0.15, 0.2) is 23.0 Å². The lowest BCUT2D eigenvalue weighted by atomic mass is 10.1. The first-order chi connectivity index (χ1) is 18.2. The number of rotatable bonds is 6. The van der Waals surface area contributed by atoms with Gasteiger partial charge in [-0.3, -0.25) is 4.79 Å². The molecule has 12 heteroatoms. The first-order valence-electron chi connectivity index (χ1n) is 11.6. The van der Waals surface area contributed by atoms with Gasteiger partial charge in [0.1, 0.15) is 30.2 Å². The number of nitrogens with one attached hydrogen (secondary N) is 1. The van der Waals surface area contributed by atoms with Crippen LogP contribution in [0.2, 0.25) is 0 Å². The molecule has 0 bridgehead atoms. The Labute approximate surface area is 214 Å². The third-order valence-electron chi connectivity index (χ3n) is 5.90. The summed E-state index contributed by atoms with van der Waals surface area (Å²) in [4.78, 5) is 21.2. The number of nitrogens with two attached hydrogens (primary N) is 1. The molecule has 0 radical (unpaired) electrons. The lowest BCUT2D eigenvalue weighted by molar-refractivity contribution is -0.140. The van der Waals surface area contributed by atoms with Crippen molar-refractivity contribution >= 4 is 16.8 Å². The van der Waals surface area contributed by atoms with E-state index in [0.717, 1.165) is 11.6 Å². The molecule has 5 rings (SSSR count). The minimum Gasteiger partial charge on any atom is -0.494 e. The monoisotopic (exact) mass is 528 g/mol. The highest BCUT2D eigenvalue weighted by molar-refractivity contribution is 5.98. The third-order valence-corrected chi connectivity index (χ3v) is 5.90. The second-order valence-corrected chi connectivity index (χ2v) is 8.59. The van der Waals surface area contributed by atoms with Crippen molar-refractivity contribution in [3.63, 3.8) is 0 Å². The molecule has 9 nitrogen and oxygen atoms in total. The number of hydrogen-bond donors (Lipinski definition) is 2. The van der Waals surface area contributed by atoms with Gasteiger partial charge in [0.25, 0.3) is 5.91 Å². The molecule has 4 aromatic rings. The van der Waals surface area contributed by atoms with E-state index in [4.69, 9.17) is 24.4 Å². The Bertz CT molecular complexity index is 1520. The summed E-state index contributed by atoms with van der Waals surface area (Å²) in [6, 6.07) is 9.82. The number of methoxy groups -OCH3 is 1. The second kappa shape index (κ2) is 9.86. The summed E-state index contributed by atoms with van der Waals surface area (Å²) in [6.45, 7) is 2.72. The van der Waals surface area contributed by atoms with Crippen LogP contribution in [0.25, 0.3) is 22.4 Å². The minimum atomic E-state index is -4.64. The molecule has 0 aliphatic carbocycles. The number of pyridine rings is 1. The molecule has 0 saturated heterocycles. The zero-order valence-electron chi connectivity index (χ0n) is 20.4. The van der Waals surface area contributed by atoms with Crippen molar-refractivity contribution < 1.29 is 36.6 Å². The van der Waals surface area contributed by atoms with E-state index in [0.29, 0.717) is 35.7 Å². The number of hydrogen-bond acceptors (Lipinski definition) is 8. The van der Waals surface area contributed by atoms with E-state index in [9.17, 15) is 18.0 Å². The van der Waals surface area contributed by atoms with Crippen LogP contribution in [0.3, 0.4) is 0 Å². The van der Waals surface area contributed by atoms with Gasteiger partial charge in [0.2, 0.25) is 5.89 Å². The van der Waals surface area contributed by atoms with E-state index in [2.05, 4.69) is 15.3 Å². The summed E-state index contributed by atoms with van der Waals surface area (Å²) in [5, 5.41) is 3.09. The molecule has 0 spiro atoms. The highest BCUT2D eigenvalue weighted by Gasteiger charge is 2.33. The number of amides is 1. The molecule has 1 aliphatic heterocycles. The molecule has 1 atom stereocenters. The number of aromatic nitrogens is 2. The molecule has 3 heterocycles. The molecule has 2 aromatic heterocycles. The standard InChI is InChI=1S/C26H23F3N4O5/c1-13(30)23-22(24(34)31-12-14-3-6-17-19(11-14)37-10-9-36-17)33-25(38-23)16-4-7-18(35-2)21-15(16)5-8-20(32-21)26(27,28)29/h3-8,11,13H,9-10,12,30H2,1-2H3,(H,31,34)/t13-/m0/s1. The first kappa shape index (κ1) is 25.3. The summed E-state index contributed by atoms with van der Waals surface area (Å²) in [5.74, 6) is 0.982. The quantitative estimate of drug-likeness (QED) is 0.371. The van der Waals surface area contributed by atoms with Gasteiger partial charge >= 0.3 is 6.18 Å². The number of alkyl halides is 3. The van der Waals surface area contributed by atoms with E-state index in [1.165, 1.54) is 19.2 Å². The average molecular weight is 528 g/mol. The van der Waals surface area contributed by atoms with Gasteiger partial charge in [-0.1, -0.05) is 6.07 Å². The number of oxazole rings is 1. The Balaban J connectivity index is 1.47. The van der Waals surface area contributed by atoms with Crippen LogP contribution in [0, 0.1) is 0 Å². The number of benzene rings is 2. The first-order valence-corrected chi connectivity index (χ1v) is 11.6. The van der Waals surface area contributed by atoms with E-state index in [1.54, 1.807) is 31.2 Å². The molecular formula is C26H23F3N4O5. The predicted molar refractivity (Wildman–Crippen MR) is 130 cm³/mol. The average Bonchev–Trinajstić information content (AvgIpc) is 3.36. The molecule has 198 valence electrons. The van der Waals surface area contributed by atoms with Crippen LogP contribution in [0.4, 0.5) is 13.2 Å². The van der Waals surface area contributed by atoms with Crippen molar-refractivity contribution in [2.24, 2.45) is 5.73 Å². The van der Waals surface area contributed by atoms with Crippen molar-refractivity contribution in [1.82, 2.24) is 15.3 Å². The molecule has 3 N–H and O–H groups in total.